The Bertz CT molecular complexity index is 666. The van der Waals surface area contributed by atoms with Gasteiger partial charge in [0.15, 0.2) is 0 Å². The highest BCUT2D eigenvalue weighted by Gasteiger charge is 2.31. The summed E-state index contributed by atoms with van der Waals surface area (Å²) >= 11 is 0. The second-order valence-corrected chi connectivity index (χ2v) is 7.09. The first-order valence-corrected chi connectivity index (χ1v) is 8.07. The van der Waals surface area contributed by atoms with Gasteiger partial charge in [-0.05, 0) is 43.9 Å². The number of benzene rings is 1. The molecule has 0 radical (unpaired) electrons. The molecular formula is C14H15F2NO2S. The highest BCUT2D eigenvalue weighted by atomic mass is 32.2. The lowest BCUT2D eigenvalue weighted by Gasteiger charge is -2.27. The molecule has 1 aromatic carbocycles. The van der Waals surface area contributed by atoms with Crippen LogP contribution < -0.4 is 0 Å². The lowest BCUT2D eigenvalue weighted by Crippen LogP contribution is -2.36. The zero-order valence-corrected chi connectivity index (χ0v) is 11.7. The van der Waals surface area contributed by atoms with Crippen LogP contribution >= 0.6 is 0 Å². The molecule has 0 amide bonds. The van der Waals surface area contributed by atoms with Gasteiger partial charge in [0.2, 0.25) is 10.0 Å². The smallest absolute Gasteiger partial charge is 0.207 e. The van der Waals surface area contributed by atoms with Crippen LogP contribution in [0.5, 0.6) is 0 Å². The first-order valence-electron chi connectivity index (χ1n) is 6.63. The van der Waals surface area contributed by atoms with Gasteiger partial charge in [-0.25, -0.2) is 17.2 Å². The first-order chi connectivity index (χ1) is 9.48. The van der Waals surface area contributed by atoms with Gasteiger partial charge in [-0.2, -0.15) is 4.31 Å². The molecule has 1 aliphatic heterocycles. The predicted molar refractivity (Wildman–Crippen MR) is 70.6 cm³/mol. The number of rotatable bonds is 2. The van der Waals surface area contributed by atoms with Gasteiger partial charge in [0, 0.05) is 13.1 Å². The molecule has 1 saturated heterocycles. The van der Waals surface area contributed by atoms with Gasteiger partial charge in [-0.15, -0.1) is 0 Å². The molecule has 1 heterocycles. The minimum absolute atomic E-state index is 0.344. The standard InChI is InChI=1S/C14H15F2NO2S/c15-12-3-4-13(16)14(9-12)20(18,19)17-7-5-11(6-8-17)10-1-2-10/h3-4,9H,1-2,5-8H2. The lowest BCUT2D eigenvalue weighted by molar-refractivity contribution is 0.383. The summed E-state index contributed by atoms with van der Waals surface area (Å²) in [6.45, 7) is 0.689. The number of allylic oxidation sites excluding steroid dienone is 1. The van der Waals surface area contributed by atoms with Crippen molar-refractivity contribution in [2.45, 2.75) is 30.6 Å². The van der Waals surface area contributed by atoms with Crippen LogP contribution in [0.2, 0.25) is 0 Å². The summed E-state index contributed by atoms with van der Waals surface area (Å²) in [5, 5.41) is 0. The van der Waals surface area contributed by atoms with Gasteiger partial charge in [0.1, 0.15) is 16.5 Å². The van der Waals surface area contributed by atoms with E-state index in [0.29, 0.717) is 25.9 Å². The van der Waals surface area contributed by atoms with Gasteiger partial charge in [-0.1, -0.05) is 11.1 Å². The summed E-state index contributed by atoms with van der Waals surface area (Å²) in [6.07, 6.45) is 3.65. The summed E-state index contributed by atoms with van der Waals surface area (Å²) in [6, 6.07) is 2.52. The third-order valence-electron chi connectivity index (χ3n) is 3.84. The number of halogens is 2. The van der Waals surface area contributed by atoms with E-state index in [4.69, 9.17) is 0 Å². The molecule has 1 saturated carbocycles. The molecule has 0 N–H and O–H groups in total. The fourth-order valence-corrected chi connectivity index (χ4v) is 4.10. The Labute approximate surface area is 117 Å². The van der Waals surface area contributed by atoms with Crippen molar-refractivity contribution < 1.29 is 17.2 Å². The predicted octanol–water partition coefficient (Wildman–Crippen LogP) is 2.84. The minimum Gasteiger partial charge on any atom is -0.207 e. The number of hydrogen-bond donors (Lipinski definition) is 0. The quantitative estimate of drug-likeness (QED) is 0.788. The van der Waals surface area contributed by atoms with Crippen molar-refractivity contribution in [3.63, 3.8) is 0 Å². The van der Waals surface area contributed by atoms with Crippen LogP contribution in [0, 0.1) is 11.6 Å². The molecule has 0 atom stereocenters. The second-order valence-electron chi connectivity index (χ2n) is 5.19. The van der Waals surface area contributed by atoms with Crippen molar-refractivity contribution in [3.8, 4) is 0 Å². The van der Waals surface area contributed by atoms with Crippen molar-refractivity contribution in [1.29, 1.82) is 0 Å². The fraction of sp³-hybridized carbons (Fsp3) is 0.429. The number of nitrogens with zero attached hydrogens (tertiary/aromatic N) is 1. The van der Waals surface area contributed by atoms with Gasteiger partial charge in [0.25, 0.3) is 0 Å². The molecule has 1 aliphatic carbocycles. The number of piperidine rings is 1. The SMILES string of the molecule is O=S(=O)(c1cc(F)ccc1F)N1CCC(=C2CC2)CC1. The molecule has 0 bridgehead atoms. The highest BCUT2D eigenvalue weighted by Crippen LogP contribution is 2.37. The molecule has 3 nitrogen and oxygen atoms in total. The summed E-state index contributed by atoms with van der Waals surface area (Å²) < 4.78 is 52.8. The van der Waals surface area contributed by atoms with Crippen molar-refractivity contribution in [2.24, 2.45) is 0 Å². The van der Waals surface area contributed by atoms with Crippen LogP contribution in [-0.4, -0.2) is 25.8 Å². The van der Waals surface area contributed by atoms with Gasteiger partial charge >= 0.3 is 0 Å². The topological polar surface area (TPSA) is 37.4 Å². The van der Waals surface area contributed by atoms with E-state index >= 15 is 0 Å². The summed E-state index contributed by atoms with van der Waals surface area (Å²) in [7, 11) is -3.95. The maximum atomic E-state index is 13.7. The van der Waals surface area contributed by atoms with Gasteiger partial charge in [0.05, 0.1) is 0 Å². The molecule has 1 aromatic rings. The summed E-state index contributed by atoms with van der Waals surface area (Å²) in [4.78, 5) is -0.569. The Kier molecular flexibility index (Phi) is 3.38. The Hall–Kier alpha value is -1.27. The van der Waals surface area contributed by atoms with Crippen LogP contribution in [0.25, 0.3) is 0 Å². The molecule has 0 spiro atoms. The second kappa shape index (κ2) is 4.93. The Morgan fingerprint density at radius 1 is 0.950 bits per heavy atom. The Morgan fingerprint density at radius 2 is 1.55 bits per heavy atom. The van der Waals surface area contributed by atoms with Crippen LogP contribution in [0.15, 0.2) is 34.2 Å². The van der Waals surface area contributed by atoms with E-state index in [1.807, 2.05) is 0 Å². The molecule has 2 aliphatic rings. The molecule has 0 aromatic heterocycles. The fourth-order valence-electron chi connectivity index (χ4n) is 2.58. The molecule has 20 heavy (non-hydrogen) atoms. The van der Waals surface area contributed by atoms with Crippen molar-refractivity contribution in [3.05, 3.63) is 41.0 Å². The molecule has 6 heteroatoms. The monoisotopic (exact) mass is 299 g/mol. The molecular weight excluding hydrogens is 284 g/mol. The van der Waals surface area contributed by atoms with Crippen molar-refractivity contribution >= 4 is 10.0 Å². The third kappa shape index (κ3) is 2.50. The van der Waals surface area contributed by atoms with E-state index in [0.717, 1.165) is 31.0 Å². The van der Waals surface area contributed by atoms with Crippen LogP contribution in [0.4, 0.5) is 8.78 Å². The number of sulfonamides is 1. The molecule has 108 valence electrons. The average Bonchev–Trinajstić information content (AvgIpc) is 3.26. The van der Waals surface area contributed by atoms with E-state index in [9.17, 15) is 17.2 Å². The normalized spacial score (nSPS) is 20.3. The van der Waals surface area contributed by atoms with E-state index < -0.39 is 26.6 Å². The summed E-state index contributed by atoms with van der Waals surface area (Å²) in [5.74, 6) is -1.65. The Morgan fingerprint density at radius 3 is 2.15 bits per heavy atom. The minimum atomic E-state index is -3.95. The maximum absolute atomic E-state index is 13.7. The van der Waals surface area contributed by atoms with E-state index in [-0.39, 0.29) is 0 Å². The maximum Gasteiger partial charge on any atom is 0.246 e. The van der Waals surface area contributed by atoms with Crippen LogP contribution in [0.3, 0.4) is 0 Å². The molecule has 3 rings (SSSR count). The van der Waals surface area contributed by atoms with E-state index in [1.54, 1.807) is 0 Å². The van der Waals surface area contributed by atoms with E-state index in [2.05, 4.69) is 0 Å². The van der Waals surface area contributed by atoms with Gasteiger partial charge < -0.3 is 0 Å². The molecule has 0 unspecified atom stereocenters. The zero-order chi connectivity index (χ0) is 14.3. The van der Waals surface area contributed by atoms with E-state index in [1.165, 1.54) is 15.5 Å². The zero-order valence-electron chi connectivity index (χ0n) is 10.9. The van der Waals surface area contributed by atoms with Crippen LogP contribution in [0.1, 0.15) is 25.7 Å². The highest BCUT2D eigenvalue weighted by molar-refractivity contribution is 7.89. The van der Waals surface area contributed by atoms with Gasteiger partial charge in [-0.3, -0.25) is 0 Å². The lowest BCUT2D eigenvalue weighted by atomic mass is 10.1. The average molecular weight is 299 g/mol. The van der Waals surface area contributed by atoms with Crippen molar-refractivity contribution in [1.82, 2.24) is 4.31 Å². The Balaban J connectivity index is 1.85. The number of hydrogen-bond acceptors (Lipinski definition) is 2. The summed E-state index contributed by atoms with van der Waals surface area (Å²) in [5.41, 5.74) is 2.79. The van der Waals surface area contributed by atoms with Crippen LogP contribution in [-0.2, 0) is 10.0 Å². The first kappa shape index (κ1) is 13.7. The third-order valence-corrected chi connectivity index (χ3v) is 5.75. The molecule has 2 fully saturated rings. The largest absolute Gasteiger partial charge is 0.246 e. The van der Waals surface area contributed by atoms with Crippen molar-refractivity contribution in [2.75, 3.05) is 13.1 Å².